The van der Waals surface area contributed by atoms with Crippen molar-refractivity contribution in [1.82, 2.24) is 0 Å². The van der Waals surface area contributed by atoms with E-state index in [1.54, 1.807) is 0 Å². The van der Waals surface area contributed by atoms with E-state index in [0.717, 1.165) is 24.0 Å². The Morgan fingerprint density at radius 2 is 1.85 bits per heavy atom. The number of benzene rings is 2. The summed E-state index contributed by atoms with van der Waals surface area (Å²) in [4.78, 5) is 11.5. The predicted octanol–water partition coefficient (Wildman–Crippen LogP) is 4.09. The molecule has 0 amide bonds. The first-order valence-electron chi connectivity index (χ1n) is 6.94. The van der Waals surface area contributed by atoms with Gasteiger partial charge in [-0.1, -0.05) is 42.0 Å². The van der Waals surface area contributed by atoms with E-state index < -0.39 is 11.4 Å². The van der Waals surface area contributed by atoms with Gasteiger partial charge in [-0.3, -0.25) is 4.79 Å². The molecule has 2 aromatic carbocycles. The Morgan fingerprint density at radius 3 is 2.50 bits per heavy atom. The lowest BCUT2D eigenvalue weighted by molar-refractivity contribution is -0.140. The van der Waals surface area contributed by atoms with Gasteiger partial charge in [0.2, 0.25) is 0 Å². The zero-order valence-electron chi connectivity index (χ0n) is 11.8. The zero-order chi connectivity index (χ0) is 14.3. The molecule has 20 heavy (non-hydrogen) atoms. The smallest absolute Gasteiger partial charge is 0.314 e. The zero-order valence-corrected chi connectivity index (χ0v) is 11.8. The molecule has 2 aromatic rings. The molecule has 1 aliphatic carbocycles. The third-order valence-electron chi connectivity index (χ3n) is 4.28. The minimum Gasteiger partial charge on any atom is -0.481 e. The maximum Gasteiger partial charge on any atom is 0.314 e. The summed E-state index contributed by atoms with van der Waals surface area (Å²) in [5, 5.41) is 9.42. The normalized spacial score (nSPS) is 15.9. The van der Waals surface area contributed by atoms with Crippen LogP contribution in [0.3, 0.4) is 0 Å². The number of carbonyl (C=O) groups is 1. The fourth-order valence-corrected chi connectivity index (χ4v) is 2.78. The van der Waals surface area contributed by atoms with Gasteiger partial charge < -0.3 is 5.11 Å². The molecule has 3 rings (SSSR count). The molecule has 0 radical (unpaired) electrons. The lowest BCUT2D eigenvalue weighted by Crippen LogP contribution is -2.19. The van der Waals surface area contributed by atoms with Crippen LogP contribution in [0.25, 0.3) is 11.1 Å². The number of carboxylic acids is 1. The fourth-order valence-electron chi connectivity index (χ4n) is 2.78. The molecule has 0 atom stereocenters. The van der Waals surface area contributed by atoms with Crippen molar-refractivity contribution in [2.75, 3.05) is 0 Å². The summed E-state index contributed by atoms with van der Waals surface area (Å²) in [5.41, 5.74) is 5.03. The average Bonchev–Trinajstić information content (AvgIpc) is 3.23. The highest BCUT2D eigenvalue weighted by Crippen LogP contribution is 2.49. The van der Waals surface area contributed by atoms with E-state index in [1.807, 2.05) is 18.2 Å². The van der Waals surface area contributed by atoms with E-state index in [0.29, 0.717) is 0 Å². The Morgan fingerprint density at radius 1 is 1.10 bits per heavy atom. The van der Waals surface area contributed by atoms with Gasteiger partial charge in [-0.25, -0.2) is 0 Å². The van der Waals surface area contributed by atoms with Crippen LogP contribution in [0.5, 0.6) is 0 Å². The molecular formula is C18H18O2. The van der Waals surface area contributed by atoms with Crippen LogP contribution in [-0.4, -0.2) is 11.1 Å². The number of rotatable bonds is 3. The largest absolute Gasteiger partial charge is 0.481 e. The van der Waals surface area contributed by atoms with Crippen LogP contribution in [-0.2, 0) is 10.2 Å². The molecule has 2 nitrogen and oxygen atoms in total. The van der Waals surface area contributed by atoms with Gasteiger partial charge in [-0.05, 0) is 55.0 Å². The Kier molecular flexibility index (Phi) is 2.89. The molecule has 2 heteroatoms. The number of hydrogen-bond donors (Lipinski definition) is 1. The average molecular weight is 266 g/mol. The third-order valence-corrected chi connectivity index (χ3v) is 4.28. The van der Waals surface area contributed by atoms with Gasteiger partial charge in [-0.2, -0.15) is 0 Å². The van der Waals surface area contributed by atoms with Gasteiger partial charge in [-0.15, -0.1) is 0 Å². The van der Waals surface area contributed by atoms with Crippen LogP contribution in [0.15, 0.2) is 42.5 Å². The van der Waals surface area contributed by atoms with Crippen molar-refractivity contribution in [3.63, 3.8) is 0 Å². The quantitative estimate of drug-likeness (QED) is 0.908. The molecule has 1 aliphatic rings. The molecule has 102 valence electrons. The maximum absolute atomic E-state index is 11.5. The van der Waals surface area contributed by atoms with Gasteiger partial charge in [0, 0.05) is 0 Å². The summed E-state index contributed by atoms with van der Waals surface area (Å²) in [6, 6.07) is 14.4. The second kappa shape index (κ2) is 4.48. The number of carboxylic acid groups (broad SMARTS) is 1. The lowest BCUT2D eigenvalue weighted by atomic mass is 9.91. The van der Waals surface area contributed by atoms with E-state index in [-0.39, 0.29) is 0 Å². The lowest BCUT2D eigenvalue weighted by Gasteiger charge is -2.13. The minimum absolute atomic E-state index is 0.631. The first-order chi connectivity index (χ1) is 9.53. The van der Waals surface area contributed by atoms with Crippen molar-refractivity contribution < 1.29 is 9.90 Å². The summed E-state index contributed by atoms with van der Waals surface area (Å²) in [6.07, 6.45) is 1.50. The number of aliphatic carboxylic acids is 1. The summed E-state index contributed by atoms with van der Waals surface area (Å²) < 4.78 is 0. The van der Waals surface area contributed by atoms with E-state index in [2.05, 4.69) is 38.1 Å². The predicted molar refractivity (Wildman–Crippen MR) is 79.9 cm³/mol. The maximum atomic E-state index is 11.5. The van der Waals surface area contributed by atoms with Crippen molar-refractivity contribution >= 4 is 5.97 Å². The molecule has 0 spiro atoms. The van der Waals surface area contributed by atoms with Crippen LogP contribution >= 0.6 is 0 Å². The first-order valence-corrected chi connectivity index (χ1v) is 6.94. The van der Waals surface area contributed by atoms with Crippen molar-refractivity contribution in [1.29, 1.82) is 0 Å². The van der Waals surface area contributed by atoms with Crippen molar-refractivity contribution in [2.45, 2.75) is 32.1 Å². The summed E-state index contributed by atoms with van der Waals surface area (Å²) in [5.74, 6) is -0.699. The highest BCUT2D eigenvalue weighted by Gasteiger charge is 2.51. The molecule has 0 unspecified atom stereocenters. The Labute approximate surface area is 119 Å². The number of aryl methyl sites for hydroxylation is 2. The van der Waals surface area contributed by atoms with Crippen LogP contribution in [0.1, 0.15) is 29.5 Å². The van der Waals surface area contributed by atoms with Crippen LogP contribution in [0.2, 0.25) is 0 Å². The summed E-state index contributed by atoms with van der Waals surface area (Å²) >= 11 is 0. The van der Waals surface area contributed by atoms with Gasteiger partial charge in [0.25, 0.3) is 0 Å². The topological polar surface area (TPSA) is 37.3 Å². The molecule has 0 heterocycles. The third kappa shape index (κ3) is 2.01. The SMILES string of the molecule is Cc1ccc(C)c(-c2cccc(C3(C(=O)O)CC3)c2)c1. The molecule has 1 fully saturated rings. The fraction of sp³-hybridized carbons (Fsp3) is 0.278. The van der Waals surface area contributed by atoms with Crippen LogP contribution < -0.4 is 0 Å². The van der Waals surface area contributed by atoms with Gasteiger partial charge in [0.15, 0.2) is 0 Å². The first kappa shape index (κ1) is 12.9. The molecular weight excluding hydrogens is 248 g/mol. The number of hydrogen-bond acceptors (Lipinski definition) is 1. The van der Waals surface area contributed by atoms with Crippen molar-refractivity contribution in [2.24, 2.45) is 0 Å². The monoisotopic (exact) mass is 266 g/mol. The summed E-state index contributed by atoms with van der Waals surface area (Å²) in [6.45, 7) is 4.16. The highest BCUT2D eigenvalue weighted by atomic mass is 16.4. The second-order valence-corrected chi connectivity index (χ2v) is 5.79. The molecule has 0 bridgehead atoms. The van der Waals surface area contributed by atoms with E-state index >= 15 is 0 Å². The molecule has 1 N–H and O–H groups in total. The Bertz CT molecular complexity index is 682. The highest BCUT2D eigenvalue weighted by molar-refractivity contribution is 5.85. The van der Waals surface area contributed by atoms with Crippen molar-refractivity contribution in [3.8, 4) is 11.1 Å². The summed E-state index contributed by atoms with van der Waals surface area (Å²) in [7, 11) is 0. The van der Waals surface area contributed by atoms with Crippen LogP contribution in [0.4, 0.5) is 0 Å². The van der Waals surface area contributed by atoms with E-state index in [1.165, 1.54) is 16.7 Å². The second-order valence-electron chi connectivity index (χ2n) is 5.79. The van der Waals surface area contributed by atoms with E-state index in [9.17, 15) is 9.90 Å². The molecule has 0 saturated heterocycles. The van der Waals surface area contributed by atoms with Crippen molar-refractivity contribution in [3.05, 3.63) is 59.2 Å². The standard InChI is InChI=1S/C18H18O2/c1-12-6-7-13(2)16(10-12)14-4-3-5-15(11-14)18(8-9-18)17(19)20/h3-7,10-11H,8-9H2,1-2H3,(H,19,20). The Hall–Kier alpha value is -2.09. The van der Waals surface area contributed by atoms with Gasteiger partial charge in [0.05, 0.1) is 5.41 Å². The van der Waals surface area contributed by atoms with E-state index in [4.69, 9.17) is 0 Å². The minimum atomic E-state index is -0.699. The van der Waals surface area contributed by atoms with Gasteiger partial charge in [0.1, 0.15) is 0 Å². The molecule has 0 aliphatic heterocycles. The van der Waals surface area contributed by atoms with Crippen LogP contribution in [0, 0.1) is 13.8 Å². The van der Waals surface area contributed by atoms with Gasteiger partial charge >= 0.3 is 5.97 Å². The Balaban J connectivity index is 2.08. The molecule has 0 aromatic heterocycles. The molecule has 1 saturated carbocycles.